The maximum absolute atomic E-state index is 11.6. The van der Waals surface area contributed by atoms with Crippen LogP contribution >= 0.6 is 11.3 Å². The summed E-state index contributed by atoms with van der Waals surface area (Å²) < 4.78 is 13.2. The molecule has 0 unspecified atom stereocenters. The molecule has 4 aromatic rings. The molecule has 170 valence electrons. The van der Waals surface area contributed by atoms with Crippen molar-refractivity contribution in [3.63, 3.8) is 0 Å². The molecular weight excluding hydrogens is 442 g/mol. The number of ether oxygens (including phenoxy) is 2. The van der Waals surface area contributed by atoms with Crippen molar-refractivity contribution in [3.05, 3.63) is 59.4 Å². The predicted molar refractivity (Wildman–Crippen MR) is 125 cm³/mol. The monoisotopic (exact) mass is 465 g/mol. The Morgan fingerprint density at radius 1 is 1.12 bits per heavy atom. The van der Waals surface area contributed by atoms with Gasteiger partial charge in [0.2, 0.25) is 5.88 Å². The predicted octanol–water partition coefficient (Wildman–Crippen LogP) is 4.60. The molecule has 3 heterocycles. The second-order valence-corrected chi connectivity index (χ2v) is 8.48. The Balaban J connectivity index is 1.25. The number of nitrogens with zero attached hydrogens (tertiary/aromatic N) is 3. The average molecular weight is 466 g/mol. The maximum Gasteiger partial charge on any atom is 0.323 e. The molecule has 1 aromatic carbocycles. The van der Waals surface area contributed by atoms with Crippen LogP contribution in [0.15, 0.2) is 48.8 Å². The molecule has 1 N–H and O–H groups in total. The van der Waals surface area contributed by atoms with Gasteiger partial charge in [0, 0.05) is 48.3 Å². The molecule has 33 heavy (non-hydrogen) atoms. The van der Waals surface area contributed by atoms with Crippen molar-refractivity contribution in [1.29, 1.82) is 0 Å². The van der Waals surface area contributed by atoms with E-state index in [-0.39, 0.29) is 12.3 Å². The molecule has 4 rings (SSSR count). The highest BCUT2D eigenvalue weighted by molar-refractivity contribution is 7.17. The molecule has 0 saturated heterocycles. The van der Waals surface area contributed by atoms with Gasteiger partial charge in [0.1, 0.15) is 17.3 Å². The summed E-state index contributed by atoms with van der Waals surface area (Å²) in [4.78, 5) is 32.0. The van der Waals surface area contributed by atoms with Gasteiger partial charge in [-0.2, -0.15) is 0 Å². The Morgan fingerprint density at radius 3 is 2.64 bits per heavy atom. The maximum atomic E-state index is 11.6. The second kappa shape index (κ2) is 9.83. The van der Waals surface area contributed by atoms with E-state index < -0.39 is 5.97 Å². The van der Waals surface area contributed by atoms with Gasteiger partial charge in [-0.3, -0.25) is 9.59 Å². The van der Waals surface area contributed by atoms with Gasteiger partial charge in [-0.1, -0.05) is 0 Å². The van der Waals surface area contributed by atoms with Gasteiger partial charge in [-0.25, -0.2) is 9.97 Å². The number of benzene rings is 1. The SMILES string of the molecule is CC(=O)c1sc(-c2ccc(OCCCOc3ccc4c(ccn4CC(=O)O)c3)nc2)nc1C. The highest BCUT2D eigenvalue weighted by atomic mass is 32.1. The number of aromatic nitrogens is 3. The lowest BCUT2D eigenvalue weighted by atomic mass is 10.2. The van der Waals surface area contributed by atoms with Crippen molar-refractivity contribution < 1.29 is 24.2 Å². The highest BCUT2D eigenvalue weighted by Crippen LogP contribution is 2.28. The summed E-state index contributed by atoms with van der Waals surface area (Å²) in [5.74, 6) is 0.377. The van der Waals surface area contributed by atoms with Crippen LogP contribution in [-0.4, -0.2) is 44.6 Å². The molecule has 0 saturated carbocycles. The van der Waals surface area contributed by atoms with Gasteiger partial charge in [0.25, 0.3) is 0 Å². The topological polar surface area (TPSA) is 104 Å². The lowest BCUT2D eigenvalue weighted by molar-refractivity contribution is -0.137. The van der Waals surface area contributed by atoms with E-state index in [1.807, 2.05) is 37.3 Å². The van der Waals surface area contributed by atoms with Crippen molar-refractivity contribution in [2.24, 2.45) is 0 Å². The first-order chi connectivity index (χ1) is 15.9. The van der Waals surface area contributed by atoms with Gasteiger partial charge < -0.3 is 19.1 Å². The molecule has 0 amide bonds. The zero-order valence-corrected chi connectivity index (χ0v) is 19.1. The molecule has 0 bridgehead atoms. The zero-order valence-electron chi connectivity index (χ0n) is 18.3. The standard InChI is InChI=1S/C24H23N3O5S/c1-15-23(16(2)28)33-24(26-15)18-4-7-21(25-13-18)32-11-3-10-31-19-5-6-20-17(12-19)8-9-27(20)14-22(29)30/h4-9,12-13H,3,10-11,14H2,1-2H3,(H,29,30). The summed E-state index contributed by atoms with van der Waals surface area (Å²) in [6.07, 6.45) is 4.13. The number of fused-ring (bicyclic) bond motifs is 1. The van der Waals surface area contributed by atoms with E-state index in [0.29, 0.717) is 30.4 Å². The molecular formula is C24H23N3O5S. The summed E-state index contributed by atoms with van der Waals surface area (Å²) in [6.45, 7) is 4.23. The van der Waals surface area contributed by atoms with Crippen LogP contribution in [-0.2, 0) is 11.3 Å². The van der Waals surface area contributed by atoms with Crippen LogP contribution < -0.4 is 9.47 Å². The normalized spacial score (nSPS) is 11.0. The van der Waals surface area contributed by atoms with Crippen LogP contribution in [0.3, 0.4) is 0 Å². The lowest BCUT2D eigenvalue weighted by Crippen LogP contribution is -2.07. The Labute approximate surface area is 194 Å². The minimum atomic E-state index is -0.877. The van der Waals surface area contributed by atoms with Crippen molar-refractivity contribution in [1.82, 2.24) is 14.5 Å². The summed E-state index contributed by atoms with van der Waals surface area (Å²) >= 11 is 1.37. The molecule has 0 aliphatic carbocycles. The fourth-order valence-corrected chi connectivity index (χ4v) is 4.37. The average Bonchev–Trinajstić information content (AvgIpc) is 3.37. The molecule has 0 aliphatic rings. The van der Waals surface area contributed by atoms with Gasteiger partial charge in [-0.15, -0.1) is 11.3 Å². The van der Waals surface area contributed by atoms with E-state index in [9.17, 15) is 9.59 Å². The number of carbonyl (C=O) groups excluding carboxylic acids is 1. The molecule has 0 spiro atoms. The minimum Gasteiger partial charge on any atom is -0.493 e. The number of aliphatic carboxylic acids is 1. The van der Waals surface area contributed by atoms with Crippen LogP contribution in [0.1, 0.15) is 28.7 Å². The molecule has 9 heteroatoms. The number of hydrogen-bond acceptors (Lipinski definition) is 7. The number of Topliss-reactive ketones (excluding diaryl/α,β-unsaturated/α-hetero) is 1. The van der Waals surface area contributed by atoms with Gasteiger partial charge >= 0.3 is 5.97 Å². The fourth-order valence-electron chi connectivity index (χ4n) is 3.42. The smallest absolute Gasteiger partial charge is 0.323 e. The number of thiazole rings is 1. The fraction of sp³-hybridized carbons (Fsp3) is 0.250. The first-order valence-electron chi connectivity index (χ1n) is 10.4. The van der Waals surface area contributed by atoms with Crippen molar-refractivity contribution in [2.75, 3.05) is 13.2 Å². The molecule has 0 aliphatic heterocycles. The third kappa shape index (κ3) is 5.38. The van der Waals surface area contributed by atoms with Crippen molar-refractivity contribution in [2.45, 2.75) is 26.8 Å². The third-order valence-corrected chi connectivity index (χ3v) is 6.26. The lowest BCUT2D eigenvalue weighted by Gasteiger charge is -2.08. The second-order valence-electron chi connectivity index (χ2n) is 7.48. The number of carboxylic acids is 1. The summed E-state index contributed by atoms with van der Waals surface area (Å²) in [5.41, 5.74) is 2.44. The van der Waals surface area contributed by atoms with E-state index in [1.54, 1.807) is 30.0 Å². The van der Waals surface area contributed by atoms with Crippen molar-refractivity contribution in [3.8, 4) is 22.2 Å². The zero-order chi connectivity index (χ0) is 23.4. The van der Waals surface area contributed by atoms with E-state index >= 15 is 0 Å². The van der Waals surface area contributed by atoms with Gasteiger partial charge in [0.05, 0.1) is 23.8 Å². The van der Waals surface area contributed by atoms with Crippen LogP contribution in [0, 0.1) is 6.92 Å². The third-order valence-electron chi connectivity index (χ3n) is 4.96. The number of carbonyl (C=O) groups is 2. The van der Waals surface area contributed by atoms with E-state index in [0.717, 1.165) is 32.9 Å². The summed E-state index contributed by atoms with van der Waals surface area (Å²) in [5, 5.41) is 10.7. The largest absolute Gasteiger partial charge is 0.493 e. The number of ketones is 1. The first-order valence-corrected chi connectivity index (χ1v) is 11.2. The summed E-state index contributed by atoms with van der Waals surface area (Å²) in [6, 6.07) is 11.1. The Hall–Kier alpha value is -3.72. The Bertz CT molecular complexity index is 1290. The molecule has 0 atom stereocenters. The number of rotatable bonds is 10. The van der Waals surface area contributed by atoms with E-state index in [2.05, 4.69) is 9.97 Å². The molecule has 0 fully saturated rings. The number of hydrogen-bond donors (Lipinski definition) is 1. The summed E-state index contributed by atoms with van der Waals surface area (Å²) in [7, 11) is 0. The quantitative estimate of drug-likeness (QED) is 0.270. The van der Waals surface area contributed by atoms with Crippen LogP contribution in [0.25, 0.3) is 21.5 Å². The number of pyridine rings is 1. The molecule has 8 nitrogen and oxygen atoms in total. The van der Waals surface area contributed by atoms with Gasteiger partial charge in [-0.05, 0) is 37.3 Å². The minimum absolute atomic E-state index is 0.0166. The molecule has 3 aromatic heterocycles. The number of carboxylic acid groups (broad SMARTS) is 1. The van der Waals surface area contributed by atoms with Crippen molar-refractivity contribution >= 4 is 34.0 Å². The Morgan fingerprint density at radius 2 is 1.94 bits per heavy atom. The van der Waals surface area contributed by atoms with Gasteiger partial charge in [0.15, 0.2) is 5.78 Å². The molecule has 0 radical (unpaired) electrons. The number of aryl methyl sites for hydroxylation is 1. The first kappa shape index (κ1) is 22.5. The van der Waals surface area contributed by atoms with E-state index in [4.69, 9.17) is 14.6 Å². The van der Waals surface area contributed by atoms with E-state index in [1.165, 1.54) is 11.3 Å². The van der Waals surface area contributed by atoms with Crippen LogP contribution in [0.5, 0.6) is 11.6 Å². The highest BCUT2D eigenvalue weighted by Gasteiger charge is 2.13. The van der Waals surface area contributed by atoms with Crippen LogP contribution in [0.2, 0.25) is 0 Å². The Kier molecular flexibility index (Phi) is 6.69. The van der Waals surface area contributed by atoms with Crippen LogP contribution in [0.4, 0.5) is 0 Å².